The fourth-order valence-corrected chi connectivity index (χ4v) is 10.9. The monoisotopic (exact) mass is 1420 g/mol. The van der Waals surface area contributed by atoms with E-state index in [4.69, 9.17) is 61.6 Å². The Morgan fingerprint density at radius 3 is 0.500 bits per heavy atom. The van der Waals surface area contributed by atoms with Crippen molar-refractivity contribution in [2.24, 2.45) is 0 Å². The minimum absolute atomic E-state index is 0.0142. The van der Waals surface area contributed by atoms with Gasteiger partial charge in [0.2, 0.25) is 0 Å². The molecule has 0 fully saturated rings. The summed E-state index contributed by atoms with van der Waals surface area (Å²) in [6, 6.07) is 37.4. The maximum atomic E-state index is 14.5. The quantitative estimate of drug-likeness (QED) is 0.0216. The van der Waals surface area contributed by atoms with Gasteiger partial charge in [-0.1, -0.05) is 42.5 Å². The van der Waals surface area contributed by atoms with Crippen LogP contribution in [0.3, 0.4) is 0 Å². The third-order valence-corrected chi connectivity index (χ3v) is 15.9. The number of methoxy groups -OCH3 is 13. The van der Waals surface area contributed by atoms with Gasteiger partial charge in [-0.2, -0.15) is 0 Å². The van der Waals surface area contributed by atoms with E-state index in [9.17, 15) is 38.4 Å². The van der Waals surface area contributed by atoms with E-state index in [2.05, 4.69) is 42.5 Å². The van der Waals surface area contributed by atoms with Gasteiger partial charge in [-0.15, -0.1) is 0 Å². The van der Waals surface area contributed by atoms with E-state index in [-0.39, 0.29) is 153 Å². The van der Waals surface area contributed by atoms with Crippen molar-refractivity contribution in [3.63, 3.8) is 0 Å². The van der Waals surface area contributed by atoms with Crippen LogP contribution in [0.4, 0.5) is 45.5 Å². The summed E-state index contributed by atoms with van der Waals surface area (Å²) in [6.45, 7) is 0. The molecule has 8 N–H and O–H groups in total. The Balaban J connectivity index is 0.922. The van der Waals surface area contributed by atoms with Gasteiger partial charge in [0.15, 0.2) is 0 Å². The van der Waals surface area contributed by atoms with Crippen molar-refractivity contribution in [2.45, 2.75) is 0 Å². The van der Waals surface area contributed by atoms with Crippen LogP contribution >= 0.6 is 0 Å². The fourth-order valence-electron chi connectivity index (χ4n) is 10.9. The lowest BCUT2D eigenvalue weighted by molar-refractivity contribution is 0.100. The molecule has 0 radical (unpaired) electrons. The SMILES string of the molecule is COc1cc(OC)c(NC(=O)c2cccc(C(=O)Nc3cc(NC(=O)c4cccc(C(=O)Nc5cc(NC(=O)c6cccc(C(=O)Nc7cc(NC(=O)c8ccccc8OC)c(OC)cc7OC)c6OC)c(OC)cc5OC)c4OC)c(OC)cc3OC)c2OC)cc1NC(=O)c1ccccc1OC. The van der Waals surface area contributed by atoms with E-state index < -0.39 is 47.3 Å². The van der Waals surface area contributed by atoms with E-state index >= 15 is 0 Å². The number of amides is 8. The summed E-state index contributed by atoms with van der Waals surface area (Å²) >= 11 is 0. The predicted molar refractivity (Wildman–Crippen MR) is 387 cm³/mol. The van der Waals surface area contributed by atoms with Gasteiger partial charge >= 0.3 is 0 Å². The first-order valence-corrected chi connectivity index (χ1v) is 31.1. The highest BCUT2D eigenvalue weighted by Gasteiger charge is 2.29. The number of carbonyl (C=O) groups is 8. The summed E-state index contributed by atoms with van der Waals surface area (Å²) in [5.41, 5.74) is 0.474. The number of ether oxygens (including phenoxy) is 13. The maximum Gasteiger partial charge on any atom is 0.259 e. The Bertz CT molecular complexity index is 4520. The number of anilines is 8. The molecular weight excluding hydrogens is 1350 g/mol. The van der Waals surface area contributed by atoms with E-state index in [0.717, 1.165) is 0 Å². The topological polar surface area (TPSA) is 353 Å². The molecule has 29 heteroatoms. The first kappa shape index (κ1) is 74.4. The Morgan fingerprint density at radius 2 is 0.337 bits per heavy atom. The third-order valence-electron chi connectivity index (χ3n) is 15.9. The molecule has 0 saturated carbocycles. The van der Waals surface area contributed by atoms with Crippen LogP contribution in [0.5, 0.6) is 74.7 Å². The van der Waals surface area contributed by atoms with Crippen molar-refractivity contribution < 1.29 is 99.9 Å². The van der Waals surface area contributed by atoms with E-state index in [0.29, 0.717) is 11.5 Å². The second-order valence-electron chi connectivity index (χ2n) is 21.7. The molecule has 9 rings (SSSR count). The summed E-state index contributed by atoms with van der Waals surface area (Å²) in [5.74, 6) is -4.45. The number of rotatable bonds is 29. The molecule has 0 aliphatic rings. The average Bonchev–Trinajstić information content (AvgIpc) is 0.798. The number of hydrogen-bond donors (Lipinski definition) is 8. The van der Waals surface area contributed by atoms with Gasteiger partial charge in [0, 0.05) is 24.3 Å². The largest absolute Gasteiger partial charge is 0.496 e. The van der Waals surface area contributed by atoms with Crippen molar-refractivity contribution in [1.29, 1.82) is 0 Å². The second kappa shape index (κ2) is 33.8. The zero-order valence-electron chi connectivity index (χ0n) is 58.5. The van der Waals surface area contributed by atoms with Crippen molar-refractivity contribution in [1.82, 2.24) is 0 Å². The van der Waals surface area contributed by atoms with Gasteiger partial charge in [0.25, 0.3) is 47.3 Å². The van der Waals surface area contributed by atoms with Gasteiger partial charge in [0.05, 0.1) is 182 Å². The molecule has 0 aliphatic heterocycles. The number of carbonyl (C=O) groups excluding carboxylic acids is 8. The van der Waals surface area contributed by atoms with Gasteiger partial charge in [-0.25, -0.2) is 0 Å². The third kappa shape index (κ3) is 16.1. The first-order valence-electron chi connectivity index (χ1n) is 31.1. The van der Waals surface area contributed by atoms with Gasteiger partial charge in [0.1, 0.15) is 74.7 Å². The molecule has 0 saturated heterocycles. The van der Waals surface area contributed by atoms with Gasteiger partial charge in [-0.3, -0.25) is 38.4 Å². The number of benzene rings is 9. The summed E-state index contributed by atoms with van der Waals surface area (Å²) < 4.78 is 72.7. The summed E-state index contributed by atoms with van der Waals surface area (Å²) in [7, 11) is 17.6. The van der Waals surface area contributed by atoms with Crippen LogP contribution in [0.2, 0.25) is 0 Å². The van der Waals surface area contributed by atoms with Crippen LogP contribution in [0.25, 0.3) is 0 Å². The lowest BCUT2D eigenvalue weighted by Gasteiger charge is -2.19. The molecule has 0 aliphatic carbocycles. The van der Waals surface area contributed by atoms with Crippen LogP contribution in [-0.4, -0.2) is 140 Å². The average molecular weight is 1420 g/mol. The van der Waals surface area contributed by atoms with E-state index in [1.807, 2.05) is 0 Å². The van der Waals surface area contributed by atoms with Gasteiger partial charge < -0.3 is 104 Å². The fraction of sp³-hybridized carbons (Fsp3) is 0.173. The number of hydrogen-bond acceptors (Lipinski definition) is 21. The molecule has 0 unspecified atom stereocenters. The standard InChI is InChI=1S/C75H72N8O21/c1-92-55-29-16-14-21-39(55)68(84)76-47-31-49(59(96-5)35-57(47)94-3)78-70(86)41-23-18-25-43(65(41)102-11)72(88)80-51-33-53(63(100-9)37-61(51)98-7)82-74(90)45-27-20-28-46(67(45)104-13)75(91)83-54-34-52(62(99-8)38-64(54)101-10)81-73(89)44-26-19-24-42(66(44)103-12)71(87)79-50-32-48(58(95-4)36-60(50)97-6)77-69(85)40-22-15-17-30-56(40)93-2/h14-38H,1-13H3,(H,76,84)(H,77,85)(H,78,86)(H,79,87)(H,80,88)(H,81,89)(H,82,90)(H,83,91). The molecule has 9 aromatic carbocycles. The minimum Gasteiger partial charge on any atom is -0.496 e. The lowest BCUT2D eigenvalue weighted by Crippen LogP contribution is -2.20. The Hall–Kier alpha value is -13.9. The summed E-state index contributed by atoms with van der Waals surface area (Å²) in [4.78, 5) is 113. The maximum absolute atomic E-state index is 14.5. The molecule has 0 atom stereocenters. The highest BCUT2D eigenvalue weighted by molar-refractivity contribution is 6.17. The van der Waals surface area contributed by atoms with E-state index in [1.54, 1.807) is 48.5 Å². The Kier molecular flexibility index (Phi) is 24.2. The van der Waals surface area contributed by atoms with Crippen molar-refractivity contribution in [2.75, 3.05) is 135 Å². The van der Waals surface area contributed by atoms with Crippen LogP contribution < -0.4 is 104 Å². The van der Waals surface area contributed by atoms with Crippen LogP contribution in [0.15, 0.2) is 152 Å². The highest BCUT2D eigenvalue weighted by atomic mass is 16.5. The van der Waals surface area contributed by atoms with E-state index in [1.165, 1.54) is 196 Å². The molecule has 29 nitrogen and oxygen atoms in total. The molecular formula is C75H72N8O21. The minimum atomic E-state index is -0.804. The highest BCUT2D eigenvalue weighted by Crippen LogP contribution is 2.43. The Morgan fingerprint density at radius 1 is 0.183 bits per heavy atom. The molecule has 0 aromatic heterocycles. The predicted octanol–water partition coefficient (Wildman–Crippen LogP) is 11.8. The molecule has 538 valence electrons. The van der Waals surface area contributed by atoms with Crippen molar-refractivity contribution in [3.05, 3.63) is 196 Å². The molecule has 0 spiro atoms. The summed E-state index contributed by atoms with van der Waals surface area (Å²) in [5, 5.41) is 22.2. The Labute approximate surface area is 596 Å². The van der Waals surface area contributed by atoms with Gasteiger partial charge in [-0.05, 0) is 84.9 Å². The molecule has 8 amide bonds. The number of para-hydroxylation sites is 5. The van der Waals surface area contributed by atoms with Crippen molar-refractivity contribution >= 4 is 92.8 Å². The summed E-state index contributed by atoms with van der Waals surface area (Å²) in [6.07, 6.45) is 0. The first-order chi connectivity index (χ1) is 50.3. The smallest absolute Gasteiger partial charge is 0.259 e. The lowest BCUT2D eigenvalue weighted by atomic mass is 10.1. The zero-order chi connectivity index (χ0) is 74.9. The van der Waals surface area contributed by atoms with Crippen LogP contribution in [0.1, 0.15) is 82.9 Å². The second-order valence-corrected chi connectivity index (χ2v) is 21.7. The zero-order valence-corrected chi connectivity index (χ0v) is 58.5. The van der Waals surface area contributed by atoms with Crippen molar-refractivity contribution in [3.8, 4) is 74.7 Å². The molecule has 0 bridgehead atoms. The molecule has 104 heavy (non-hydrogen) atoms. The molecule has 0 heterocycles. The van der Waals surface area contributed by atoms with Crippen LogP contribution in [0, 0.1) is 0 Å². The number of nitrogens with one attached hydrogen (secondary N) is 8. The van der Waals surface area contributed by atoms with Crippen LogP contribution in [-0.2, 0) is 0 Å². The normalized spacial score (nSPS) is 10.5. The molecule has 9 aromatic rings.